The van der Waals surface area contributed by atoms with Crippen molar-refractivity contribution >= 4 is 5.91 Å². The van der Waals surface area contributed by atoms with E-state index in [9.17, 15) is 9.18 Å². The SMILES string of the molecule is C[C@@H]1C[C@@H](C)CN(CCCNC(=O)c2ccccc2F)C1. The lowest BCUT2D eigenvalue weighted by molar-refractivity contribution is 0.0943. The summed E-state index contributed by atoms with van der Waals surface area (Å²) in [4.78, 5) is 14.3. The average Bonchev–Trinajstić information content (AvgIpc) is 2.43. The quantitative estimate of drug-likeness (QED) is 0.846. The molecule has 1 amide bonds. The van der Waals surface area contributed by atoms with Crippen LogP contribution < -0.4 is 5.32 Å². The molecule has 2 atom stereocenters. The van der Waals surface area contributed by atoms with Gasteiger partial charge in [-0.05, 0) is 43.4 Å². The predicted molar refractivity (Wildman–Crippen MR) is 82.7 cm³/mol. The van der Waals surface area contributed by atoms with Crippen molar-refractivity contribution in [2.45, 2.75) is 26.7 Å². The zero-order valence-corrected chi connectivity index (χ0v) is 12.9. The molecule has 1 fully saturated rings. The lowest BCUT2D eigenvalue weighted by atomic mass is 9.92. The molecule has 1 heterocycles. The molecule has 21 heavy (non-hydrogen) atoms. The normalized spacial score (nSPS) is 23.0. The third-order valence-electron chi connectivity index (χ3n) is 4.00. The number of hydrogen-bond acceptors (Lipinski definition) is 2. The molecule has 0 aliphatic carbocycles. The number of rotatable bonds is 5. The molecule has 1 aromatic rings. The first-order valence-corrected chi connectivity index (χ1v) is 7.81. The fourth-order valence-corrected chi connectivity index (χ4v) is 3.22. The maximum absolute atomic E-state index is 13.5. The molecule has 1 aromatic carbocycles. The van der Waals surface area contributed by atoms with Gasteiger partial charge in [0.1, 0.15) is 5.82 Å². The van der Waals surface area contributed by atoms with Crippen molar-refractivity contribution in [2.24, 2.45) is 11.8 Å². The van der Waals surface area contributed by atoms with Crippen LogP contribution in [0.25, 0.3) is 0 Å². The van der Waals surface area contributed by atoms with Crippen LogP contribution in [-0.4, -0.2) is 37.0 Å². The van der Waals surface area contributed by atoms with Crippen molar-refractivity contribution in [3.8, 4) is 0 Å². The minimum Gasteiger partial charge on any atom is -0.352 e. The monoisotopic (exact) mass is 292 g/mol. The number of piperidine rings is 1. The van der Waals surface area contributed by atoms with Gasteiger partial charge >= 0.3 is 0 Å². The highest BCUT2D eigenvalue weighted by Gasteiger charge is 2.21. The van der Waals surface area contributed by atoms with Crippen LogP contribution >= 0.6 is 0 Å². The van der Waals surface area contributed by atoms with E-state index in [0.29, 0.717) is 6.54 Å². The van der Waals surface area contributed by atoms with E-state index >= 15 is 0 Å². The van der Waals surface area contributed by atoms with Crippen LogP contribution in [0.1, 0.15) is 37.0 Å². The number of benzene rings is 1. The first-order chi connectivity index (χ1) is 10.1. The molecule has 0 saturated carbocycles. The second-order valence-corrected chi connectivity index (χ2v) is 6.29. The standard InChI is InChI=1S/C17H25FN2O/c1-13-10-14(2)12-20(11-13)9-5-8-19-17(21)15-6-3-4-7-16(15)18/h3-4,6-7,13-14H,5,8-12H2,1-2H3,(H,19,21)/t13-,14-/m1/s1. The molecule has 1 saturated heterocycles. The van der Waals surface area contributed by atoms with Gasteiger partial charge in [0.2, 0.25) is 0 Å². The Morgan fingerprint density at radius 3 is 2.62 bits per heavy atom. The lowest BCUT2D eigenvalue weighted by Crippen LogP contribution is -2.40. The van der Waals surface area contributed by atoms with Crippen LogP contribution in [-0.2, 0) is 0 Å². The molecule has 4 heteroatoms. The lowest BCUT2D eigenvalue weighted by Gasteiger charge is -2.34. The highest BCUT2D eigenvalue weighted by molar-refractivity contribution is 5.94. The Morgan fingerprint density at radius 1 is 1.29 bits per heavy atom. The van der Waals surface area contributed by atoms with Crippen LogP contribution in [0.5, 0.6) is 0 Å². The summed E-state index contributed by atoms with van der Waals surface area (Å²) in [5.74, 6) is 0.714. The van der Waals surface area contributed by atoms with E-state index in [-0.39, 0.29) is 11.5 Å². The minimum absolute atomic E-state index is 0.123. The van der Waals surface area contributed by atoms with Crippen molar-refractivity contribution < 1.29 is 9.18 Å². The maximum Gasteiger partial charge on any atom is 0.254 e. The van der Waals surface area contributed by atoms with E-state index in [2.05, 4.69) is 24.1 Å². The number of nitrogens with one attached hydrogen (secondary N) is 1. The van der Waals surface area contributed by atoms with E-state index in [1.807, 2.05) is 0 Å². The van der Waals surface area contributed by atoms with Gasteiger partial charge in [0, 0.05) is 19.6 Å². The van der Waals surface area contributed by atoms with Crippen LogP contribution in [0.2, 0.25) is 0 Å². The summed E-state index contributed by atoms with van der Waals surface area (Å²) in [6.07, 6.45) is 2.21. The fourth-order valence-electron chi connectivity index (χ4n) is 3.22. The van der Waals surface area contributed by atoms with Gasteiger partial charge in [0.25, 0.3) is 5.91 Å². The second-order valence-electron chi connectivity index (χ2n) is 6.29. The van der Waals surface area contributed by atoms with Gasteiger partial charge in [-0.15, -0.1) is 0 Å². The number of carbonyl (C=O) groups is 1. The number of likely N-dealkylation sites (tertiary alicyclic amines) is 1. The summed E-state index contributed by atoms with van der Waals surface area (Å²) in [6, 6.07) is 6.09. The fraction of sp³-hybridized carbons (Fsp3) is 0.588. The van der Waals surface area contributed by atoms with Gasteiger partial charge < -0.3 is 10.2 Å². The molecule has 3 nitrogen and oxygen atoms in total. The molecule has 2 rings (SSSR count). The molecule has 1 N–H and O–H groups in total. The third-order valence-corrected chi connectivity index (χ3v) is 4.00. The second kappa shape index (κ2) is 7.55. The molecule has 116 valence electrons. The van der Waals surface area contributed by atoms with Crippen LogP contribution in [0.4, 0.5) is 4.39 Å². The van der Waals surface area contributed by atoms with Gasteiger partial charge in [0.05, 0.1) is 5.56 Å². The van der Waals surface area contributed by atoms with Gasteiger partial charge in [-0.1, -0.05) is 26.0 Å². The Labute approximate surface area is 126 Å². The number of carbonyl (C=O) groups excluding carboxylic acids is 1. The molecule has 1 aliphatic heterocycles. The summed E-state index contributed by atoms with van der Waals surface area (Å²) in [7, 11) is 0. The van der Waals surface area contributed by atoms with Gasteiger partial charge in [-0.2, -0.15) is 0 Å². The smallest absolute Gasteiger partial charge is 0.254 e. The predicted octanol–water partition coefficient (Wildman–Crippen LogP) is 2.92. The zero-order valence-electron chi connectivity index (χ0n) is 12.9. The van der Waals surface area contributed by atoms with E-state index in [1.165, 1.54) is 18.6 Å². The topological polar surface area (TPSA) is 32.3 Å². The first kappa shape index (κ1) is 16.0. The molecule has 0 radical (unpaired) electrons. The average molecular weight is 292 g/mol. The molecular weight excluding hydrogens is 267 g/mol. The van der Waals surface area contributed by atoms with Crippen LogP contribution in [0, 0.1) is 17.7 Å². The van der Waals surface area contributed by atoms with Crippen LogP contribution in [0.3, 0.4) is 0 Å². The Kier molecular flexibility index (Phi) is 5.74. The summed E-state index contributed by atoms with van der Waals surface area (Å²) in [5, 5.41) is 2.80. The number of halogens is 1. The molecule has 0 spiro atoms. The van der Waals surface area contributed by atoms with Crippen molar-refractivity contribution in [3.63, 3.8) is 0 Å². The third kappa shape index (κ3) is 4.81. The zero-order chi connectivity index (χ0) is 15.2. The first-order valence-electron chi connectivity index (χ1n) is 7.81. The minimum atomic E-state index is -0.464. The van der Waals surface area contributed by atoms with Crippen molar-refractivity contribution in [1.29, 1.82) is 0 Å². The van der Waals surface area contributed by atoms with Crippen molar-refractivity contribution in [2.75, 3.05) is 26.2 Å². The molecular formula is C17H25FN2O. The van der Waals surface area contributed by atoms with Crippen LogP contribution in [0.15, 0.2) is 24.3 Å². The summed E-state index contributed by atoms with van der Waals surface area (Å²) in [6.45, 7) is 8.46. The van der Waals surface area contributed by atoms with Crippen molar-refractivity contribution in [1.82, 2.24) is 10.2 Å². The highest BCUT2D eigenvalue weighted by Crippen LogP contribution is 2.20. The summed E-state index contributed by atoms with van der Waals surface area (Å²) < 4.78 is 13.5. The van der Waals surface area contributed by atoms with E-state index < -0.39 is 5.82 Å². The molecule has 0 unspecified atom stereocenters. The molecule has 0 bridgehead atoms. The van der Waals surface area contributed by atoms with E-state index in [1.54, 1.807) is 12.1 Å². The van der Waals surface area contributed by atoms with Gasteiger partial charge in [0.15, 0.2) is 0 Å². The number of nitrogens with zero attached hydrogens (tertiary/aromatic N) is 1. The Hall–Kier alpha value is -1.42. The highest BCUT2D eigenvalue weighted by atomic mass is 19.1. The Morgan fingerprint density at radius 2 is 1.95 bits per heavy atom. The summed E-state index contributed by atoms with van der Waals surface area (Å²) in [5.41, 5.74) is 0.123. The maximum atomic E-state index is 13.5. The summed E-state index contributed by atoms with van der Waals surface area (Å²) >= 11 is 0. The number of hydrogen-bond donors (Lipinski definition) is 1. The van der Waals surface area contributed by atoms with Gasteiger partial charge in [-0.3, -0.25) is 4.79 Å². The Balaban J connectivity index is 1.70. The van der Waals surface area contributed by atoms with E-state index in [4.69, 9.17) is 0 Å². The molecule has 0 aromatic heterocycles. The number of amides is 1. The largest absolute Gasteiger partial charge is 0.352 e. The molecule has 1 aliphatic rings. The Bertz CT molecular complexity index is 468. The van der Waals surface area contributed by atoms with Crippen molar-refractivity contribution in [3.05, 3.63) is 35.6 Å². The van der Waals surface area contributed by atoms with Gasteiger partial charge in [-0.25, -0.2) is 4.39 Å². The van der Waals surface area contributed by atoms with E-state index in [0.717, 1.165) is 37.9 Å².